The number of aromatic hydroxyl groups is 1. The summed E-state index contributed by atoms with van der Waals surface area (Å²) in [5, 5.41) is 15.4. The minimum atomic E-state index is -0.311. The number of halogens is 1. The minimum Gasteiger partial charge on any atom is -0.507 e. The third-order valence-corrected chi connectivity index (χ3v) is 4.49. The molecule has 27 heavy (non-hydrogen) atoms. The highest BCUT2D eigenvalue weighted by atomic mass is 35.5. The van der Waals surface area contributed by atoms with E-state index in [0.717, 1.165) is 16.7 Å². The van der Waals surface area contributed by atoms with E-state index in [9.17, 15) is 9.90 Å². The van der Waals surface area contributed by atoms with Gasteiger partial charge in [0.05, 0.1) is 6.21 Å². The molecule has 0 aliphatic rings. The summed E-state index contributed by atoms with van der Waals surface area (Å²) in [5.41, 5.74) is 5.07. The van der Waals surface area contributed by atoms with Gasteiger partial charge in [0.1, 0.15) is 5.75 Å². The van der Waals surface area contributed by atoms with Crippen LogP contribution in [-0.4, -0.2) is 17.2 Å². The Labute approximate surface area is 166 Å². The molecular weight excluding hydrogens is 360 g/mol. The number of hydrazone groups is 1. The van der Waals surface area contributed by atoms with E-state index in [2.05, 4.69) is 52.1 Å². The predicted octanol–water partition coefficient (Wildman–Crippen LogP) is 5.40. The van der Waals surface area contributed by atoms with E-state index < -0.39 is 0 Å². The van der Waals surface area contributed by atoms with Crippen molar-refractivity contribution in [1.82, 2.24) is 5.43 Å². The second-order valence-corrected chi connectivity index (χ2v) is 9.11. The Kier molecular flexibility index (Phi) is 6.01. The van der Waals surface area contributed by atoms with E-state index in [1.165, 1.54) is 0 Å². The Morgan fingerprint density at radius 1 is 1.00 bits per heavy atom. The van der Waals surface area contributed by atoms with Crippen molar-refractivity contribution in [1.29, 1.82) is 0 Å². The molecule has 2 N–H and O–H groups in total. The van der Waals surface area contributed by atoms with Crippen LogP contribution in [-0.2, 0) is 10.8 Å². The Morgan fingerprint density at radius 3 is 1.93 bits per heavy atom. The molecule has 0 aromatic heterocycles. The average molecular weight is 387 g/mol. The van der Waals surface area contributed by atoms with Gasteiger partial charge in [-0.2, -0.15) is 5.10 Å². The largest absolute Gasteiger partial charge is 0.507 e. The fraction of sp³-hybridized carbons (Fsp3) is 0.364. The Balaban J connectivity index is 2.31. The molecule has 0 atom stereocenters. The van der Waals surface area contributed by atoms with Crippen LogP contribution in [0.4, 0.5) is 0 Å². The van der Waals surface area contributed by atoms with E-state index in [4.69, 9.17) is 11.6 Å². The number of carbonyl (C=O) groups is 1. The first kappa shape index (κ1) is 21.0. The summed E-state index contributed by atoms with van der Waals surface area (Å²) in [6.07, 6.45) is 1.59. The highest BCUT2D eigenvalue weighted by molar-refractivity contribution is 6.30. The lowest BCUT2D eigenvalue weighted by Crippen LogP contribution is -2.19. The molecule has 2 rings (SSSR count). The van der Waals surface area contributed by atoms with Crippen molar-refractivity contribution in [2.45, 2.75) is 52.4 Å². The SMILES string of the molecule is CC(C)(C)c1cc(/C=N\NC(=O)c2ccc(Cl)cc2)cc(C(C)(C)C)c1O. The van der Waals surface area contributed by atoms with Gasteiger partial charge >= 0.3 is 0 Å². The summed E-state index contributed by atoms with van der Waals surface area (Å²) in [4.78, 5) is 12.1. The third kappa shape index (κ3) is 5.33. The number of hydrogen-bond acceptors (Lipinski definition) is 3. The first-order chi connectivity index (χ1) is 12.4. The summed E-state index contributed by atoms with van der Waals surface area (Å²) >= 11 is 5.83. The lowest BCUT2D eigenvalue weighted by molar-refractivity contribution is 0.0955. The zero-order valence-corrected chi connectivity index (χ0v) is 17.5. The number of phenolic OH excluding ortho intramolecular Hbond substituents is 1. The minimum absolute atomic E-state index is 0.222. The molecule has 0 aliphatic carbocycles. The Bertz CT molecular complexity index is 822. The Morgan fingerprint density at radius 2 is 1.48 bits per heavy atom. The number of amides is 1. The molecule has 5 heteroatoms. The standard InChI is InChI=1S/C22H27ClN2O2/c1-21(2,3)17-11-14(12-18(19(17)26)22(4,5)6)13-24-25-20(27)15-7-9-16(23)10-8-15/h7-13,26H,1-6H3,(H,25,27)/b24-13-. The lowest BCUT2D eigenvalue weighted by Gasteiger charge is -2.27. The molecule has 0 unspecified atom stereocenters. The molecule has 0 radical (unpaired) electrons. The molecule has 2 aromatic rings. The van der Waals surface area contributed by atoms with Crippen molar-refractivity contribution >= 4 is 23.7 Å². The number of nitrogens with zero attached hydrogens (tertiary/aromatic N) is 1. The first-order valence-corrected chi connectivity index (χ1v) is 9.24. The average Bonchev–Trinajstić information content (AvgIpc) is 2.54. The molecule has 0 heterocycles. The highest BCUT2D eigenvalue weighted by Gasteiger charge is 2.26. The maximum atomic E-state index is 12.1. The summed E-state index contributed by atoms with van der Waals surface area (Å²) in [6.45, 7) is 12.3. The summed E-state index contributed by atoms with van der Waals surface area (Å²) in [5.74, 6) is 0.00568. The molecule has 0 bridgehead atoms. The fourth-order valence-corrected chi connectivity index (χ4v) is 2.83. The molecule has 1 amide bonds. The van der Waals surface area contributed by atoms with Crippen molar-refractivity contribution in [3.05, 3.63) is 63.7 Å². The third-order valence-electron chi connectivity index (χ3n) is 4.23. The number of nitrogens with one attached hydrogen (secondary N) is 1. The van der Waals surface area contributed by atoms with Gasteiger partial charge in [0, 0.05) is 21.7 Å². The van der Waals surface area contributed by atoms with Crippen LogP contribution in [0.2, 0.25) is 5.02 Å². The van der Waals surface area contributed by atoms with Crippen molar-refractivity contribution < 1.29 is 9.90 Å². The van der Waals surface area contributed by atoms with Gasteiger partial charge in [0.25, 0.3) is 5.91 Å². The van der Waals surface area contributed by atoms with E-state index in [0.29, 0.717) is 16.3 Å². The van der Waals surface area contributed by atoms with E-state index >= 15 is 0 Å². The van der Waals surface area contributed by atoms with Crippen LogP contribution >= 0.6 is 11.6 Å². The molecule has 2 aromatic carbocycles. The van der Waals surface area contributed by atoms with Gasteiger partial charge in [0.2, 0.25) is 0 Å². The van der Waals surface area contributed by atoms with Gasteiger partial charge in [-0.1, -0.05) is 53.1 Å². The summed E-state index contributed by atoms with van der Waals surface area (Å²) in [7, 11) is 0. The van der Waals surface area contributed by atoms with Crippen LogP contribution in [0.15, 0.2) is 41.5 Å². The van der Waals surface area contributed by atoms with Gasteiger partial charge in [-0.15, -0.1) is 0 Å². The number of carbonyl (C=O) groups excluding carboxylic acids is 1. The predicted molar refractivity (Wildman–Crippen MR) is 112 cm³/mol. The monoisotopic (exact) mass is 386 g/mol. The Hall–Kier alpha value is -2.33. The fourth-order valence-electron chi connectivity index (χ4n) is 2.71. The van der Waals surface area contributed by atoms with Crippen molar-refractivity contribution in [3.8, 4) is 5.75 Å². The molecule has 0 fully saturated rings. The molecular formula is C22H27ClN2O2. The number of phenols is 1. The number of rotatable bonds is 3. The van der Waals surface area contributed by atoms with E-state index in [1.54, 1.807) is 30.5 Å². The zero-order chi connectivity index (χ0) is 20.4. The molecule has 0 aliphatic heterocycles. The van der Waals surface area contributed by atoms with Crippen LogP contribution in [0.5, 0.6) is 5.75 Å². The topological polar surface area (TPSA) is 61.7 Å². The van der Waals surface area contributed by atoms with Crippen molar-refractivity contribution in [2.24, 2.45) is 5.10 Å². The van der Waals surface area contributed by atoms with Crippen LogP contribution in [0.3, 0.4) is 0 Å². The first-order valence-electron chi connectivity index (χ1n) is 8.86. The van der Waals surface area contributed by atoms with Gasteiger partial charge in [-0.3, -0.25) is 4.79 Å². The summed E-state index contributed by atoms with van der Waals surface area (Å²) in [6, 6.07) is 10.4. The lowest BCUT2D eigenvalue weighted by atomic mass is 9.78. The maximum absolute atomic E-state index is 12.1. The maximum Gasteiger partial charge on any atom is 0.271 e. The number of hydrogen-bond donors (Lipinski definition) is 2. The van der Waals surface area contributed by atoms with Gasteiger partial charge < -0.3 is 5.11 Å². The van der Waals surface area contributed by atoms with Crippen LogP contribution in [0, 0.1) is 0 Å². The molecule has 0 saturated heterocycles. The van der Waals surface area contributed by atoms with Gasteiger partial charge in [-0.05, 0) is 52.8 Å². The summed E-state index contributed by atoms with van der Waals surface area (Å²) < 4.78 is 0. The number of benzene rings is 2. The van der Waals surface area contributed by atoms with Crippen LogP contribution in [0.1, 0.15) is 68.6 Å². The van der Waals surface area contributed by atoms with E-state index in [1.807, 2.05) is 12.1 Å². The second kappa shape index (κ2) is 7.73. The zero-order valence-electron chi connectivity index (χ0n) is 16.7. The van der Waals surface area contributed by atoms with Gasteiger partial charge in [-0.25, -0.2) is 5.43 Å². The highest BCUT2D eigenvalue weighted by Crippen LogP contribution is 2.39. The molecule has 0 spiro atoms. The normalized spacial score (nSPS) is 12.4. The quantitative estimate of drug-likeness (QED) is 0.547. The van der Waals surface area contributed by atoms with Crippen molar-refractivity contribution in [2.75, 3.05) is 0 Å². The van der Waals surface area contributed by atoms with Crippen LogP contribution < -0.4 is 5.43 Å². The smallest absolute Gasteiger partial charge is 0.271 e. The molecule has 144 valence electrons. The van der Waals surface area contributed by atoms with E-state index in [-0.39, 0.29) is 16.7 Å². The van der Waals surface area contributed by atoms with Crippen molar-refractivity contribution in [3.63, 3.8) is 0 Å². The second-order valence-electron chi connectivity index (χ2n) is 8.67. The molecule has 4 nitrogen and oxygen atoms in total. The van der Waals surface area contributed by atoms with Gasteiger partial charge in [0.15, 0.2) is 0 Å². The van der Waals surface area contributed by atoms with Crippen LogP contribution in [0.25, 0.3) is 0 Å². The molecule has 0 saturated carbocycles.